The van der Waals surface area contributed by atoms with Crippen LogP contribution in [0.4, 0.5) is 0 Å². The van der Waals surface area contributed by atoms with Crippen LogP contribution in [0, 0.1) is 5.41 Å². The van der Waals surface area contributed by atoms with Crippen molar-refractivity contribution in [3.63, 3.8) is 0 Å². The molecule has 0 saturated heterocycles. The van der Waals surface area contributed by atoms with Crippen LogP contribution in [0.2, 0.25) is 0 Å². The van der Waals surface area contributed by atoms with Crippen LogP contribution in [0.25, 0.3) is 0 Å². The molecule has 1 heterocycles. The number of esters is 3. The molecule has 4 N–H and O–H groups in total. The number of hydrogen-bond acceptors (Lipinski definition) is 13. The third kappa shape index (κ3) is 19.5. The number of nitrogens with two attached hydrogens (primary N) is 1. The number of amides is 2. The fourth-order valence-electron chi connectivity index (χ4n) is 3.69. The van der Waals surface area contributed by atoms with Gasteiger partial charge in [0.15, 0.2) is 0 Å². The smallest absolute Gasteiger partial charge is 0.322 e. The maximum absolute atomic E-state index is 12.6. The van der Waals surface area contributed by atoms with Crippen molar-refractivity contribution in [3.05, 3.63) is 18.2 Å². The molecule has 0 aliphatic heterocycles. The Balaban J connectivity index is 2.54. The first-order valence-electron chi connectivity index (χ1n) is 16.1. The fourth-order valence-corrected chi connectivity index (χ4v) is 4.04. The molecule has 1 unspecified atom stereocenters. The molecule has 0 fully saturated rings. The molecule has 19 heteroatoms. The molecule has 0 bridgehead atoms. The number of imidazole rings is 1. The topological polar surface area (TPSA) is 209 Å². The minimum Gasteiger partial charge on any atom is -0.464 e. The van der Waals surface area contributed by atoms with Gasteiger partial charge in [-0.1, -0.05) is 47.8 Å². The lowest BCUT2D eigenvalue weighted by Crippen LogP contribution is -2.47. The number of nitrogens with zero attached hydrogens (tertiary/aromatic N) is 2. The standard InChI is InChI=1S/C32H52Br3N5O11/c1-29(2,33)26(43)49-18-32(19-50-27(44)30(3,4)34,20-51-28(45)31(5,6)35)17-48-16-24(41)38-8-10-46-12-13-47-11-9-39-25(42)23(36)14-22-15-37-21-40(22)7/h15,21,23H,8-14,16-20,36H2,1-7H3,(H,38,41)(H,39,42). The molecule has 1 aromatic rings. The Kier molecular flexibility index (Phi) is 20.4. The van der Waals surface area contributed by atoms with E-state index in [1.165, 1.54) is 0 Å². The van der Waals surface area contributed by atoms with E-state index in [-0.39, 0.29) is 65.3 Å². The van der Waals surface area contributed by atoms with Crippen molar-refractivity contribution < 1.29 is 52.4 Å². The van der Waals surface area contributed by atoms with Crippen LogP contribution in [0.15, 0.2) is 12.5 Å². The van der Waals surface area contributed by atoms with Gasteiger partial charge in [-0.25, -0.2) is 4.98 Å². The monoisotopic (exact) mass is 919 g/mol. The largest absolute Gasteiger partial charge is 0.464 e. The summed E-state index contributed by atoms with van der Waals surface area (Å²) < 4.78 is 31.9. The van der Waals surface area contributed by atoms with Crippen LogP contribution in [0.1, 0.15) is 47.2 Å². The molecule has 51 heavy (non-hydrogen) atoms. The molecule has 0 aromatic carbocycles. The zero-order valence-electron chi connectivity index (χ0n) is 30.3. The summed E-state index contributed by atoms with van der Waals surface area (Å²) in [5, 5.41) is 5.39. The van der Waals surface area contributed by atoms with Gasteiger partial charge < -0.3 is 49.4 Å². The molecule has 1 rings (SSSR count). The van der Waals surface area contributed by atoms with Crippen molar-refractivity contribution in [2.45, 2.75) is 67.0 Å². The van der Waals surface area contributed by atoms with E-state index in [4.69, 9.17) is 34.2 Å². The number of carbonyl (C=O) groups is 5. The predicted molar refractivity (Wildman–Crippen MR) is 198 cm³/mol. The lowest BCUT2D eigenvalue weighted by Gasteiger charge is -2.34. The highest BCUT2D eigenvalue weighted by Gasteiger charge is 2.41. The average molecular weight is 923 g/mol. The molecule has 16 nitrogen and oxygen atoms in total. The Bertz CT molecular complexity index is 1200. The second-order valence-electron chi connectivity index (χ2n) is 13.3. The summed E-state index contributed by atoms with van der Waals surface area (Å²) in [7, 11) is 1.83. The van der Waals surface area contributed by atoms with Crippen LogP contribution in [-0.2, 0) is 65.9 Å². The third-order valence-electron chi connectivity index (χ3n) is 6.79. The van der Waals surface area contributed by atoms with Crippen molar-refractivity contribution in [1.29, 1.82) is 0 Å². The van der Waals surface area contributed by atoms with Gasteiger partial charge in [-0.2, -0.15) is 0 Å². The van der Waals surface area contributed by atoms with Gasteiger partial charge in [0.1, 0.15) is 39.4 Å². The Hall–Kier alpha value is -2.16. The molecular formula is C32H52Br3N5O11. The van der Waals surface area contributed by atoms with E-state index in [9.17, 15) is 24.0 Å². The number of ether oxygens (including phenoxy) is 6. The van der Waals surface area contributed by atoms with Gasteiger partial charge in [0, 0.05) is 38.4 Å². The molecule has 0 aliphatic rings. The summed E-state index contributed by atoms with van der Waals surface area (Å²) in [5.74, 6) is -2.58. The Morgan fingerprint density at radius 2 is 1.20 bits per heavy atom. The van der Waals surface area contributed by atoms with Gasteiger partial charge in [0.2, 0.25) is 11.8 Å². The van der Waals surface area contributed by atoms with Crippen LogP contribution < -0.4 is 16.4 Å². The number of nitrogens with one attached hydrogen (secondary N) is 2. The fraction of sp³-hybridized carbons (Fsp3) is 0.750. The predicted octanol–water partition coefficient (Wildman–Crippen LogP) is 1.71. The molecule has 0 spiro atoms. The highest BCUT2D eigenvalue weighted by Crippen LogP contribution is 2.27. The van der Waals surface area contributed by atoms with E-state index in [2.05, 4.69) is 63.4 Å². The van der Waals surface area contributed by atoms with Gasteiger partial charge in [-0.3, -0.25) is 24.0 Å². The Morgan fingerprint density at radius 1 is 0.745 bits per heavy atom. The van der Waals surface area contributed by atoms with Gasteiger partial charge in [-0.05, 0) is 41.5 Å². The zero-order valence-corrected chi connectivity index (χ0v) is 35.1. The number of alkyl halides is 3. The summed E-state index contributed by atoms with van der Waals surface area (Å²) in [4.78, 5) is 66.5. The van der Waals surface area contributed by atoms with E-state index in [0.717, 1.165) is 5.69 Å². The highest BCUT2D eigenvalue weighted by atomic mass is 79.9. The van der Waals surface area contributed by atoms with E-state index < -0.39 is 54.9 Å². The molecule has 292 valence electrons. The maximum Gasteiger partial charge on any atom is 0.322 e. The highest BCUT2D eigenvalue weighted by molar-refractivity contribution is 9.10. The number of hydrogen-bond donors (Lipinski definition) is 3. The van der Waals surface area contributed by atoms with Crippen LogP contribution >= 0.6 is 47.8 Å². The Labute approximate surface area is 324 Å². The molecule has 0 saturated carbocycles. The number of rotatable bonds is 25. The summed E-state index contributed by atoms with van der Waals surface area (Å²) >= 11 is 9.76. The zero-order chi connectivity index (χ0) is 38.9. The van der Waals surface area contributed by atoms with Crippen molar-refractivity contribution in [1.82, 2.24) is 20.2 Å². The Morgan fingerprint density at radius 3 is 1.61 bits per heavy atom. The molecular weight excluding hydrogens is 870 g/mol. The quantitative estimate of drug-likeness (QED) is 0.0554. The summed E-state index contributed by atoms with van der Waals surface area (Å²) in [6, 6.07) is -0.698. The molecule has 1 atom stereocenters. The number of aryl methyl sites for hydroxylation is 1. The minimum absolute atomic E-state index is 0.186. The summed E-state index contributed by atoms with van der Waals surface area (Å²) in [6.07, 6.45) is 3.68. The van der Waals surface area contributed by atoms with Crippen molar-refractivity contribution >= 4 is 77.5 Å². The van der Waals surface area contributed by atoms with E-state index >= 15 is 0 Å². The first-order chi connectivity index (χ1) is 23.6. The summed E-state index contributed by atoms with van der Waals surface area (Å²) in [6.45, 7) is 9.37. The molecule has 2 amide bonds. The SMILES string of the molecule is Cn1cncc1CC(N)C(=O)NCCOCCOCCNC(=O)COCC(COC(=O)C(C)(C)Br)(COC(=O)C(C)(C)Br)COC(=O)C(C)(C)Br. The lowest BCUT2D eigenvalue weighted by molar-refractivity contribution is -0.170. The first-order valence-corrected chi connectivity index (χ1v) is 18.5. The second-order valence-corrected chi connectivity index (χ2v) is 19.3. The van der Waals surface area contributed by atoms with Crippen molar-refractivity contribution in [3.8, 4) is 0 Å². The normalized spacial score (nSPS) is 12.9. The number of aromatic nitrogens is 2. The minimum atomic E-state index is -1.35. The molecule has 0 radical (unpaired) electrons. The summed E-state index contributed by atoms with van der Waals surface area (Å²) in [5.41, 5.74) is 5.46. The second kappa shape index (κ2) is 22.1. The number of carbonyl (C=O) groups excluding carboxylic acids is 5. The van der Waals surface area contributed by atoms with Gasteiger partial charge in [0.25, 0.3) is 0 Å². The van der Waals surface area contributed by atoms with E-state index in [1.807, 2.05) is 7.05 Å². The molecule has 0 aliphatic carbocycles. The first kappa shape index (κ1) is 46.9. The van der Waals surface area contributed by atoms with E-state index in [1.54, 1.807) is 58.6 Å². The van der Waals surface area contributed by atoms with Crippen molar-refractivity contribution in [2.75, 3.05) is 72.6 Å². The van der Waals surface area contributed by atoms with Crippen LogP contribution in [-0.4, -0.2) is 131 Å². The van der Waals surface area contributed by atoms with Crippen molar-refractivity contribution in [2.24, 2.45) is 18.2 Å². The lowest BCUT2D eigenvalue weighted by atomic mass is 9.92. The van der Waals surface area contributed by atoms with Gasteiger partial charge in [0.05, 0.1) is 50.8 Å². The number of halogens is 3. The average Bonchev–Trinajstić information content (AvgIpc) is 3.43. The maximum atomic E-state index is 12.6. The van der Waals surface area contributed by atoms with E-state index in [0.29, 0.717) is 13.0 Å². The van der Waals surface area contributed by atoms with Gasteiger partial charge in [-0.15, -0.1) is 0 Å². The van der Waals surface area contributed by atoms with Crippen LogP contribution in [0.3, 0.4) is 0 Å². The van der Waals surface area contributed by atoms with Gasteiger partial charge >= 0.3 is 17.9 Å². The molecule has 1 aromatic heterocycles. The third-order valence-corrected chi connectivity index (χ3v) is 7.77. The van der Waals surface area contributed by atoms with Crippen LogP contribution in [0.5, 0.6) is 0 Å².